The van der Waals surface area contributed by atoms with Gasteiger partial charge in [-0.15, -0.1) is 0 Å². The molecule has 2 unspecified atom stereocenters. The van der Waals surface area contributed by atoms with Crippen molar-refractivity contribution in [2.75, 3.05) is 25.0 Å². The number of carbonyl (C=O) groups is 1. The van der Waals surface area contributed by atoms with E-state index in [1.807, 2.05) is 13.0 Å². The van der Waals surface area contributed by atoms with Crippen LogP contribution in [0.4, 0.5) is 5.69 Å². The quantitative estimate of drug-likeness (QED) is 0.896. The van der Waals surface area contributed by atoms with E-state index in [9.17, 15) is 4.79 Å². The van der Waals surface area contributed by atoms with Crippen LogP contribution in [0, 0.1) is 6.92 Å². The average molecular weight is 330 g/mol. The molecule has 2 rings (SSSR count). The van der Waals surface area contributed by atoms with Gasteiger partial charge >= 0.3 is 0 Å². The maximum atomic E-state index is 12.3. The number of rotatable bonds is 3. The normalized spacial score (nSPS) is 23.1. The molecule has 1 aliphatic heterocycles. The summed E-state index contributed by atoms with van der Waals surface area (Å²) in [4.78, 5) is 14.4. The lowest BCUT2D eigenvalue weighted by atomic mass is 10.1. The molecule has 1 heterocycles. The first-order chi connectivity index (χ1) is 9.88. The lowest BCUT2D eigenvalue weighted by Gasteiger charge is -2.37. The fourth-order valence-corrected chi connectivity index (χ4v) is 2.92. The van der Waals surface area contributed by atoms with Gasteiger partial charge in [0.25, 0.3) is 0 Å². The van der Waals surface area contributed by atoms with Gasteiger partial charge in [0, 0.05) is 25.2 Å². The molecule has 1 aliphatic rings. The van der Waals surface area contributed by atoms with E-state index in [2.05, 4.69) is 29.4 Å². The van der Waals surface area contributed by atoms with E-state index >= 15 is 0 Å². The summed E-state index contributed by atoms with van der Waals surface area (Å²) in [6, 6.07) is 4.30. The Morgan fingerprint density at radius 3 is 2.86 bits per heavy atom. The number of benzene rings is 1. The van der Waals surface area contributed by atoms with Crippen molar-refractivity contribution < 1.29 is 4.79 Å². The van der Waals surface area contributed by atoms with Crippen LogP contribution in [0.25, 0.3) is 0 Å². The fraction of sp³-hybridized carbons (Fsp3) is 0.533. The molecular weight excluding hydrogens is 309 g/mol. The summed E-state index contributed by atoms with van der Waals surface area (Å²) in [5.74, 6) is -0.0923. The van der Waals surface area contributed by atoms with Gasteiger partial charge in [-0.1, -0.05) is 29.3 Å². The molecule has 2 atom stereocenters. The highest BCUT2D eigenvalue weighted by Gasteiger charge is 2.24. The molecule has 0 bridgehead atoms. The van der Waals surface area contributed by atoms with Crippen LogP contribution >= 0.6 is 23.2 Å². The van der Waals surface area contributed by atoms with Gasteiger partial charge in [0.2, 0.25) is 5.91 Å². The van der Waals surface area contributed by atoms with Crippen LogP contribution in [-0.4, -0.2) is 42.5 Å². The van der Waals surface area contributed by atoms with E-state index in [-0.39, 0.29) is 5.91 Å². The molecule has 1 aromatic carbocycles. The third-order valence-corrected chi connectivity index (χ3v) is 4.59. The second-order valence-electron chi connectivity index (χ2n) is 5.69. The molecule has 6 heteroatoms. The Labute approximate surface area is 135 Å². The predicted molar refractivity (Wildman–Crippen MR) is 88.3 cm³/mol. The van der Waals surface area contributed by atoms with Gasteiger partial charge in [0.1, 0.15) is 0 Å². The van der Waals surface area contributed by atoms with E-state index in [0.717, 1.165) is 18.7 Å². The van der Waals surface area contributed by atoms with Crippen LogP contribution in [0.15, 0.2) is 12.1 Å². The molecule has 1 saturated heterocycles. The zero-order valence-electron chi connectivity index (χ0n) is 12.5. The highest BCUT2D eigenvalue weighted by molar-refractivity contribution is 6.40. The minimum atomic E-state index is -0.0923. The maximum Gasteiger partial charge on any atom is 0.238 e. The summed E-state index contributed by atoms with van der Waals surface area (Å²) in [5, 5.41) is 7.19. The molecule has 116 valence electrons. The van der Waals surface area contributed by atoms with Gasteiger partial charge in [0.15, 0.2) is 0 Å². The summed E-state index contributed by atoms with van der Waals surface area (Å²) in [6.45, 7) is 8.19. The zero-order chi connectivity index (χ0) is 15.6. The minimum absolute atomic E-state index is 0.0923. The average Bonchev–Trinajstić information content (AvgIpc) is 2.43. The molecule has 0 radical (unpaired) electrons. The Kier molecular flexibility index (Phi) is 5.49. The monoisotopic (exact) mass is 329 g/mol. The number of nitrogens with zero attached hydrogens (tertiary/aromatic N) is 1. The Bertz CT molecular complexity index is 536. The number of nitrogens with one attached hydrogen (secondary N) is 2. The third kappa shape index (κ3) is 4.10. The number of carbonyl (C=O) groups excluding carboxylic acids is 1. The van der Waals surface area contributed by atoms with Gasteiger partial charge in [-0.3, -0.25) is 9.69 Å². The van der Waals surface area contributed by atoms with Crippen LogP contribution in [0.2, 0.25) is 10.0 Å². The third-order valence-electron chi connectivity index (χ3n) is 3.79. The first kappa shape index (κ1) is 16.6. The second-order valence-corrected chi connectivity index (χ2v) is 6.47. The number of hydrogen-bond donors (Lipinski definition) is 2. The molecule has 1 amide bonds. The van der Waals surface area contributed by atoms with Gasteiger partial charge < -0.3 is 10.6 Å². The summed E-state index contributed by atoms with van der Waals surface area (Å²) in [5.41, 5.74) is 1.39. The summed E-state index contributed by atoms with van der Waals surface area (Å²) < 4.78 is 0. The van der Waals surface area contributed by atoms with Crippen molar-refractivity contribution in [2.45, 2.75) is 32.9 Å². The Morgan fingerprint density at radius 1 is 1.43 bits per heavy atom. The molecule has 0 aliphatic carbocycles. The van der Waals surface area contributed by atoms with Crippen molar-refractivity contribution in [2.24, 2.45) is 0 Å². The van der Waals surface area contributed by atoms with Crippen LogP contribution in [-0.2, 0) is 4.79 Å². The van der Waals surface area contributed by atoms with Gasteiger partial charge in [-0.05, 0) is 32.4 Å². The first-order valence-electron chi connectivity index (χ1n) is 7.10. The molecule has 0 aromatic heterocycles. The minimum Gasteiger partial charge on any atom is -0.322 e. The Morgan fingerprint density at radius 2 is 2.14 bits per heavy atom. The van der Waals surface area contributed by atoms with Crippen LogP contribution in [0.3, 0.4) is 0 Å². The van der Waals surface area contributed by atoms with Gasteiger partial charge in [-0.2, -0.15) is 0 Å². The largest absolute Gasteiger partial charge is 0.322 e. The zero-order valence-corrected chi connectivity index (χ0v) is 14.1. The number of amides is 1. The van der Waals surface area contributed by atoms with E-state index < -0.39 is 0 Å². The smallest absolute Gasteiger partial charge is 0.238 e. The van der Waals surface area contributed by atoms with Gasteiger partial charge in [-0.25, -0.2) is 0 Å². The maximum absolute atomic E-state index is 12.3. The van der Waals surface area contributed by atoms with E-state index in [4.69, 9.17) is 23.2 Å². The van der Waals surface area contributed by atoms with E-state index in [1.54, 1.807) is 6.07 Å². The second kappa shape index (κ2) is 6.97. The summed E-state index contributed by atoms with van der Waals surface area (Å²) in [6.07, 6.45) is 0. The molecule has 0 spiro atoms. The molecule has 1 fully saturated rings. The topological polar surface area (TPSA) is 44.4 Å². The van der Waals surface area contributed by atoms with Crippen molar-refractivity contribution in [3.63, 3.8) is 0 Å². The van der Waals surface area contributed by atoms with Crippen molar-refractivity contribution in [1.82, 2.24) is 10.2 Å². The SMILES string of the molecule is Cc1ccc(Cl)c(NC(=O)CN2CC(C)NCC2C)c1Cl. The molecule has 21 heavy (non-hydrogen) atoms. The highest BCUT2D eigenvalue weighted by atomic mass is 35.5. The van der Waals surface area contributed by atoms with Crippen LogP contribution in [0.1, 0.15) is 19.4 Å². The molecule has 4 nitrogen and oxygen atoms in total. The number of anilines is 1. The molecule has 2 N–H and O–H groups in total. The molecule has 0 saturated carbocycles. The molecule has 1 aromatic rings. The van der Waals surface area contributed by atoms with Crippen molar-refractivity contribution >= 4 is 34.8 Å². The Balaban J connectivity index is 2.03. The predicted octanol–water partition coefficient (Wildman–Crippen LogP) is 2.92. The van der Waals surface area contributed by atoms with Crippen molar-refractivity contribution in [1.29, 1.82) is 0 Å². The number of halogens is 2. The lowest BCUT2D eigenvalue weighted by molar-refractivity contribution is -0.118. The molecular formula is C15H21Cl2N3O. The fourth-order valence-electron chi connectivity index (χ4n) is 2.45. The standard InChI is InChI=1S/C15H21Cl2N3O/c1-9-4-5-12(16)15(14(9)17)19-13(21)8-20-7-10(2)18-6-11(20)3/h4-5,10-11,18H,6-8H2,1-3H3,(H,19,21). The number of hydrogen-bond acceptors (Lipinski definition) is 3. The number of piperazine rings is 1. The van der Waals surface area contributed by atoms with Crippen LogP contribution in [0.5, 0.6) is 0 Å². The summed E-state index contributed by atoms with van der Waals surface area (Å²) in [7, 11) is 0. The number of aryl methyl sites for hydroxylation is 1. The van der Waals surface area contributed by atoms with Crippen molar-refractivity contribution in [3.8, 4) is 0 Å². The van der Waals surface area contributed by atoms with Gasteiger partial charge in [0.05, 0.1) is 22.3 Å². The van der Waals surface area contributed by atoms with Crippen LogP contribution < -0.4 is 10.6 Å². The van der Waals surface area contributed by atoms with E-state index in [0.29, 0.717) is 34.4 Å². The Hall–Kier alpha value is -0.810. The lowest BCUT2D eigenvalue weighted by Crippen LogP contribution is -2.55. The highest BCUT2D eigenvalue weighted by Crippen LogP contribution is 2.32. The van der Waals surface area contributed by atoms with Crippen molar-refractivity contribution in [3.05, 3.63) is 27.7 Å². The van der Waals surface area contributed by atoms with E-state index in [1.165, 1.54) is 0 Å². The summed E-state index contributed by atoms with van der Waals surface area (Å²) >= 11 is 12.3. The first-order valence-corrected chi connectivity index (χ1v) is 7.86.